The molecular weight excluding hydrogens is 266 g/mol. The van der Waals surface area contributed by atoms with Crippen LogP contribution < -0.4 is 4.74 Å². The van der Waals surface area contributed by atoms with Crippen molar-refractivity contribution in [2.45, 2.75) is 25.7 Å². The molecule has 16 heavy (non-hydrogen) atoms. The molecular formula is C13H14BrNO. The Hall–Kier alpha value is -1.01. The van der Waals surface area contributed by atoms with Crippen LogP contribution in [0.3, 0.4) is 0 Å². The second kappa shape index (κ2) is 4.47. The predicted molar refractivity (Wildman–Crippen MR) is 66.3 cm³/mol. The summed E-state index contributed by atoms with van der Waals surface area (Å²) in [6.07, 6.45) is 4.04. The lowest BCUT2D eigenvalue weighted by Crippen LogP contribution is -2.30. The molecule has 0 atom stereocenters. The van der Waals surface area contributed by atoms with Gasteiger partial charge in [-0.1, -0.05) is 22.4 Å². The first-order valence-electron chi connectivity index (χ1n) is 5.43. The van der Waals surface area contributed by atoms with Crippen LogP contribution in [0.15, 0.2) is 22.7 Å². The maximum Gasteiger partial charge on any atom is 0.119 e. The van der Waals surface area contributed by atoms with Crippen molar-refractivity contribution in [1.82, 2.24) is 0 Å². The molecule has 1 aromatic carbocycles. The highest BCUT2D eigenvalue weighted by Crippen LogP contribution is 2.44. The van der Waals surface area contributed by atoms with Gasteiger partial charge in [0.15, 0.2) is 0 Å². The molecule has 1 aromatic rings. The van der Waals surface area contributed by atoms with Gasteiger partial charge in [0.2, 0.25) is 0 Å². The maximum atomic E-state index is 9.22. The van der Waals surface area contributed by atoms with E-state index in [2.05, 4.69) is 22.0 Å². The van der Waals surface area contributed by atoms with Gasteiger partial charge in [0.1, 0.15) is 5.75 Å². The van der Waals surface area contributed by atoms with Gasteiger partial charge in [0.25, 0.3) is 0 Å². The number of methoxy groups -OCH3 is 1. The van der Waals surface area contributed by atoms with Crippen LogP contribution in [0.2, 0.25) is 0 Å². The summed E-state index contributed by atoms with van der Waals surface area (Å²) < 4.78 is 6.27. The second-order valence-corrected chi connectivity index (χ2v) is 5.23. The van der Waals surface area contributed by atoms with Gasteiger partial charge < -0.3 is 4.74 Å². The Bertz CT molecular complexity index is 432. The van der Waals surface area contributed by atoms with Gasteiger partial charge in [-0.05, 0) is 43.0 Å². The third-order valence-electron chi connectivity index (χ3n) is 3.33. The van der Waals surface area contributed by atoms with Crippen LogP contribution in [0.4, 0.5) is 0 Å². The number of nitriles is 1. The highest BCUT2D eigenvalue weighted by molar-refractivity contribution is 9.10. The fraction of sp³-hybridized carbons (Fsp3) is 0.462. The molecule has 3 heteroatoms. The summed E-state index contributed by atoms with van der Waals surface area (Å²) in [5, 5.41) is 9.22. The first-order valence-corrected chi connectivity index (χ1v) is 6.22. The van der Waals surface area contributed by atoms with E-state index >= 15 is 0 Å². The van der Waals surface area contributed by atoms with Crippen LogP contribution in [0.5, 0.6) is 5.75 Å². The van der Waals surface area contributed by atoms with Gasteiger partial charge in [0, 0.05) is 4.47 Å². The van der Waals surface area contributed by atoms with E-state index in [4.69, 9.17) is 4.74 Å². The summed E-state index contributed by atoms with van der Waals surface area (Å²) in [6.45, 7) is 0. The van der Waals surface area contributed by atoms with Crippen molar-refractivity contribution < 1.29 is 4.74 Å². The Labute approximate surface area is 104 Å². The smallest absolute Gasteiger partial charge is 0.119 e. The van der Waals surface area contributed by atoms with E-state index in [1.54, 1.807) is 7.11 Å². The summed E-state index contributed by atoms with van der Waals surface area (Å²) in [4.78, 5) is 0. The Morgan fingerprint density at radius 3 is 2.75 bits per heavy atom. The molecule has 84 valence electrons. The summed E-state index contributed by atoms with van der Waals surface area (Å²) in [6, 6.07) is 8.39. The SMILES string of the molecule is COc1ccc(Br)c(CC2(C#N)CCC2)c1. The van der Waals surface area contributed by atoms with Gasteiger partial charge in [-0.25, -0.2) is 0 Å². The molecule has 0 saturated heterocycles. The van der Waals surface area contributed by atoms with E-state index in [0.29, 0.717) is 0 Å². The molecule has 0 spiro atoms. The van der Waals surface area contributed by atoms with Crippen molar-refractivity contribution >= 4 is 15.9 Å². The zero-order valence-electron chi connectivity index (χ0n) is 9.29. The predicted octanol–water partition coefficient (Wildman–Crippen LogP) is 3.69. The third-order valence-corrected chi connectivity index (χ3v) is 4.10. The molecule has 0 radical (unpaired) electrons. The molecule has 1 aliphatic rings. The van der Waals surface area contributed by atoms with Crippen LogP contribution >= 0.6 is 15.9 Å². The molecule has 1 aliphatic carbocycles. The first kappa shape index (κ1) is 11.5. The van der Waals surface area contributed by atoms with Crippen molar-refractivity contribution in [3.05, 3.63) is 28.2 Å². The third kappa shape index (κ3) is 2.08. The first-order chi connectivity index (χ1) is 7.69. The molecule has 2 nitrogen and oxygen atoms in total. The lowest BCUT2D eigenvalue weighted by Gasteiger charge is -2.35. The Morgan fingerprint density at radius 2 is 2.25 bits per heavy atom. The molecule has 0 N–H and O–H groups in total. The average molecular weight is 280 g/mol. The van der Waals surface area contributed by atoms with Gasteiger partial charge in [0.05, 0.1) is 18.6 Å². The van der Waals surface area contributed by atoms with E-state index in [-0.39, 0.29) is 5.41 Å². The Balaban J connectivity index is 2.23. The lowest BCUT2D eigenvalue weighted by molar-refractivity contribution is 0.213. The van der Waals surface area contributed by atoms with E-state index in [9.17, 15) is 5.26 Å². The van der Waals surface area contributed by atoms with Crippen LogP contribution in [0, 0.1) is 16.7 Å². The van der Waals surface area contributed by atoms with E-state index in [1.807, 2.05) is 18.2 Å². The van der Waals surface area contributed by atoms with Crippen molar-refractivity contribution in [3.63, 3.8) is 0 Å². The highest BCUT2D eigenvalue weighted by atomic mass is 79.9. The van der Waals surface area contributed by atoms with E-state index < -0.39 is 0 Å². The zero-order valence-corrected chi connectivity index (χ0v) is 10.9. The van der Waals surface area contributed by atoms with Gasteiger partial charge in [-0.2, -0.15) is 5.26 Å². The Kier molecular flexibility index (Phi) is 3.20. The molecule has 0 unspecified atom stereocenters. The van der Waals surface area contributed by atoms with E-state index in [0.717, 1.165) is 29.5 Å². The van der Waals surface area contributed by atoms with Crippen LogP contribution in [0.25, 0.3) is 0 Å². The number of ether oxygens (including phenoxy) is 1. The van der Waals surface area contributed by atoms with Crippen LogP contribution in [-0.4, -0.2) is 7.11 Å². The minimum Gasteiger partial charge on any atom is -0.497 e. The summed E-state index contributed by atoms with van der Waals surface area (Å²) >= 11 is 3.53. The van der Waals surface area contributed by atoms with Gasteiger partial charge >= 0.3 is 0 Å². The molecule has 0 heterocycles. The number of rotatable bonds is 3. The van der Waals surface area contributed by atoms with Crippen molar-refractivity contribution in [2.24, 2.45) is 5.41 Å². The summed E-state index contributed by atoms with van der Waals surface area (Å²) in [5.74, 6) is 0.852. The number of hydrogen-bond acceptors (Lipinski definition) is 2. The standard InChI is InChI=1S/C13H14BrNO/c1-16-11-3-4-12(14)10(7-11)8-13(9-15)5-2-6-13/h3-4,7H,2,5-6,8H2,1H3. The van der Waals surface area contributed by atoms with Crippen molar-refractivity contribution in [1.29, 1.82) is 5.26 Å². The summed E-state index contributed by atoms with van der Waals surface area (Å²) in [5.41, 5.74) is 1.04. The second-order valence-electron chi connectivity index (χ2n) is 4.38. The van der Waals surface area contributed by atoms with Crippen molar-refractivity contribution in [2.75, 3.05) is 7.11 Å². The fourth-order valence-electron chi connectivity index (χ4n) is 2.11. The maximum absolute atomic E-state index is 9.22. The lowest BCUT2D eigenvalue weighted by atomic mass is 9.66. The van der Waals surface area contributed by atoms with Crippen LogP contribution in [-0.2, 0) is 6.42 Å². The molecule has 1 fully saturated rings. The minimum absolute atomic E-state index is 0.130. The number of benzene rings is 1. The molecule has 0 aliphatic heterocycles. The van der Waals surface area contributed by atoms with E-state index in [1.165, 1.54) is 12.0 Å². The molecule has 0 aromatic heterocycles. The minimum atomic E-state index is -0.130. The number of halogens is 1. The number of nitrogens with zero attached hydrogens (tertiary/aromatic N) is 1. The van der Waals surface area contributed by atoms with Gasteiger partial charge in [-0.15, -0.1) is 0 Å². The monoisotopic (exact) mass is 279 g/mol. The largest absolute Gasteiger partial charge is 0.497 e. The zero-order chi connectivity index (χ0) is 11.6. The molecule has 1 saturated carbocycles. The molecule has 0 amide bonds. The normalized spacial score (nSPS) is 17.3. The van der Waals surface area contributed by atoms with Crippen molar-refractivity contribution in [3.8, 4) is 11.8 Å². The van der Waals surface area contributed by atoms with Crippen LogP contribution in [0.1, 0.15) is 24.8 Å². The number of hydrogen-bond donors (Lipinski definition) is 0. The quantitative estimate of drug-likeness (QED) is 0.845. The molecule has 2 rings (SSSR count). The van der Waals surface area contributed by atoms with Gasteiger partial charge in [-0.3, -0.25) is 0 Å². The molecule has 0 bridgehead atoms. The topological polar surface area (TPSA) is 33.0 Å². The highest BCUT2D eigenvalue weighted by Gasteiger charge is 2.37. The average Bonchev–Trinajstić information content (AvgIpc) is 2.26. The fourth-order valence-corrected chi connectivity index (χ4v) is 2.50. The summed E-state index contributed by atoms with van der Waals surface area (Å²) in [7, 11) is 1.66. The Morgan fingerprint density at radius 1 is 1.50 bits per heavy atom.